The van der Waals surface area contributed by atoms with Gasteiger partial charge in [0.15, 0.2) is 0 Å². The molecule has 6 heteroatoms. The first kappa shape index (κ1) is 22.0. The van der Waals surface area contributed by atoms with E-state index in [1.165, 1.54) is 51.4 Å². The molecule has 0 radical (unpaired) electrons. The number of likely N-dealkylation sites (N-methyl/N-ethyl adjacent to an activating group) is 1. The van der Waals surface area contributed by atoms with Gasteiger partial charge >= 0.3 is 0 Å². The standard InChI is InChI=1S/C18H33N3O.2ClH/c1-21(16-8-3-2-4-9-16)12-11-20-17(22)18-10-6-5-7-15(18)13-19-14-18;;/h15-16,19H,2-14H2,1H3,(H,20,22);2*1H/t15-,18+;;/m0../s1. The summed E-state index contributed by atoms with van der Waals surface area (Å²) in [7, 11) is 2.22. The maximum Gasteiger partial charge on any atom is 0.227 e. The van der Waals surface area contributed by atoms with E-state index in [9.17, 15) is 4.79 Å². The van der Waals surface area contributed by atoms with Gasteiger partial charge in [0.05, 0.1) is 5.41 Å². The fourth-order valence-corrected chi connectivity index (χ4v) is 4.92. The second-order valence-electron chi connectivity index (χ2n) is 7.76. The molecule has 3 fully saturated rings. The van der Waals surface area contributed by atoms with Gasteiger partial charge in [-0.05, 0) is 45.2 Å². The lowest BCUT2D eigenvalue weighted by Gasteiger charge is -2.37. The van der Waals surface area contributed by atoms with E-state index in [1.807, 2.05) is 0 Å². The Labute approximate surface area is 159 Å². The molecule has 0 aromatic rings. The van der Waals surface area contributed by atoms with Crippen molar-refractivity contribution in [3.05, 3.63) is 0 Å². The number of hydrogen-bond acceptors (Lipinski definition) is 3. The van der Waals surface area contributed by atoms with Gasteiger partial charge in [-0.15, -0.1) is 24.8 Å². The Hall–Kier alpha value is -0.0300. The molecule has 3 rings (SSSR count). The highest BCUT2D eigenvalue weighted by molar-refractivity contribution is 5.85. The molecular formula is C18H35Cl2N3O. The third-order valence-electron chi connectivity index (χ3n) is 6.44. The molecule has 0 spiro atoms. The highest BCUT2D eigenvalue weighted by Gasteiger charge is 2.49. The highest BCUT2D eigenvalue weighted by atomic mass is 35.5. The Kier molecular flexibility index (Phi) is 9.35. The molecular weight excluding hydrogens is 345 g/mol. The zero-order valence-electron chi connectivity index (χ0n) is 15.0. The molecule has 1 heterocycles. The van der Waals surface area contributed by atoms with Gasteiger partial charge in [0.2, 0.25) is 5.91 Å². The highest BCUT2D eigenvalue weighted by Crippen LogP contribution is 2.43. The number of carbonyl (C=O) groups excluding carboxylic acids is 1. The van der Waals surface area contributed by atoms with Crippen LogP contribution in [0, 0.1) is 11.3 Å². The van der Waals surface area contributed by atoms with Gasteiger partial charge < -0.3 is 15.5 Å². The Morgan fingerprint density at radius 2 is 1.83 bits per heavy atom. The molecule has 1 saturated heterocycles. The lowest BCUT2D eigenvalue weighted by molar-refractivity contribution is -0.134. The Morgan fingerprint density at radius 1 is 1.12 bits per heavy atom. The molecule has 142 valence electrons. The third-order valence-corrected chi connectivity index (χ3v) is 6.44. The summed E-state index contributed by atoms with van der Waals surface area (Å²) in [5.74, 6) is 0.886. The SMILES string of the molecule is CN(CCNC(=O)[C@@]12CCCC[C@H]1CNC2)C1CCCCC1.Cl.Cl. The Morgan fingerprint density at radius 3 is 2.58 bits per heavy atom. The first-order valence-electron chi connectivity index (χ1n) is 9.42. The van der Waals surface area contributed by atoms with Crippen molar-refractivity contribution in [2.24, 2.45) is 11.3 Å². The first-order valence-corrected chi connectivity index (χ1v) is 9.42. The van der Waals surface area contributed by atoms with Crippen LogP contribution in [-0.2, 0) is 4.79 Å². The van der Waals surface area contributed by atoms with E-state index in [0.717, 1.165) is 38.6 Å². The molecule has 2 N–H and O–H groups in total. The van der Waals surface area contributed by atoms with Crippen molar-refractivity contribution in [2.75, 3.05) is 33.2 Å². The van der Waals surface area contributed by atoms with E-state index in [4.69, 9.17) is 0 Å². The van der Waals surface area contributed by atoms with Crippen LogP contribution in [0.1, 0.15) is 57.8 Å². The van der Waals surface area contributed by atoms with Gasteiger partial charge in [-0.2, -0.15) is 0 Å². The van der Waals surface area contributed by atoms with E-state index in [2.05, 4.69) is 22.6 Å². The lowest BCUT2D eigenvalue weighted by Crippen LogP contribution is -2.49. The minimum atomic E-state index is -0.0956. The second kappa shape index (κ2) is 10.2. The van der Waals surface area contributed by atoms with Crippen LogP contribution in [0.5, 0.6) is 0 Å². The van der Waals surface area contributed by atoms with Crippen LogP contribution in [0.4, 0.5) is 0 Å². The molecule has 4 nitrogen and oxygen atoms in total. The predicted molar refractivity (Wildman–Crippen MR) is 104 cm³/mol. The summed E-state index contributed by atoms with van der Waals surface area (Å²) in [4.78, 5) is 15.3. The average Bonchev–Trinajstić information content (AvgIpc) is 3.00. The van der Waals surface area contributed by atoms with Crippen molar-refractivity contribution in [1.29, 1.82) is 0 Å². The van der Waals surface area contributed by atoms with Crippen molar-refractivity contribution in [1.82, 2.24) is 15.5 Å². The molecule has 0 aromatic heterocycles. The minimum Gasteiger partial charge on any atom is -0.354 e. The molecule has 24 heavy (non-hydrogen) atoms. The topological polar surface area (TPSA) is 44.4 Å². The maximum atomic E-state index is 12.8. The molecule has 3 aliphatic rings. The fourth-order valence-electron chi connectivity index (χ4n) is 4.92. The maximum absolute atomic E-state index is 12.8. The van der Waals surface area contributed by atoms with Crippen molar-refractivity contribution in [3.63, 3.8) is 0 Å². The Balaban J connectivity index is 0.00000144. The summed E-state index contributed by atoms with van der Waals surface area (Å²) in [6.07, 6.45) is 11.6. The third kappa shape index (κ3) is 4.78. The number of amides is 1. The van der Waals surface area contributed by atoms with Crippen LogP contribution in [0.2, 0.25) is 0 Å². The van der Waals surface area contributed by atoms with E-state index in [1.54, 1.807) is 0 Å². The number of nitrogens with one attached hydrogen (secondary N) is 2. The van der Waals surface area contributed by atoms with E-state index in [0.29, 0.717) is 11.8 Å². The number of rotatable bonds is 5. The number of hydrogen-bond donors (Lipinski definition) is 2. The van der Waals surface area contributed by atoms with Gasteiger partial charge in [0, 0.05) is 25.7 Å². The van der Waals surface area contributed by atoms with Crippen molar-refractivity contribution < 1.29 is 4.79 Å². The quantitative estimate of drug-likeness (QED) is 0.771. The van der Waals surface area contributed by atoms with Gasteiger partial charge in [0.25, 0.3) is 0 Å². The number of halogens is 2. The monoisotopic (exact) mass is 379 g/mol. The van der Waals surface area contributed by atoms with Gasteiger partial charge in [0.1, 0.15) is 0 Å². The largest absolute Gasteiger partial charge is 0.354 e. The summed E-state index contributed by atoms with van der Waals surface area (Å²) >= 11 is 0. The zero-order valence-corrected chi connectivity index (χ0v) is 16.7. The molecule has 2 aliphatic carbocycles. The lowest BCUT2D eigenvalue weighted by atomic mass is 9.67. The summed E-state index contributed by atoms with van der Waals surface area (Å²) < 4.78 is 0. The number of nitrogens with zero attached hydrogens (tertiary/aromatic N) is 1. The summed E-state index contributed by atoms with van der Waals surface area (Å²) in [6.45, 7) is 3.72. The van der Waals surface area contributed by atoms with Crippen LogP contribution in [-0.4, -0.2) is 50.1 Å². The fraction of sp³-hybridized carbons (Fsp3) is 0.944. The van der Waals surface area contributed by atoms with E-state index < -0.39 is 0 Å². The van der Waals surface area contributed by atoms with Crippen molar-refractivity contribution in [3.8, 4) is 0 Å². The van der Waals surface area contributed by atoms with Crippen LogP contribution in [0.15, 0.2) is 0 Å². The Bertz CT molecular complexity index is 390. The molecule has 2 atom stereocenters. The van der Waals surface area contributed by atoms with E-state index in [-0.39, 0.29) is 30.2 Å². The summed E-state index contributed by atoms with van der Waals surface area (Å²) in [5, 5.41) is 6.73. The molecule has 1 aliphatic heterocycles. The smallest absolute Gasteiger partial charge is 0.227 e. The molecule has 0 bridgehead atoms. The van der Waals surface area contributed by atoms with E-state index >= 15 is 0 Å². The summed E-state index contributed by atoms with van der Waals surface area (Å²) in [6, 6.07) is 0.736. The average molecular weight is 380 g/mol. The molecule has 0 aromatic carbocycles. The van der Waals surface area contributed by atoms with Gasteiger partial charge in [-0.25, -0.2) is 0 Å². The molecule has 0 unspecified atom stereocenters. The van der Waals surface area contributed by atoms with Crippen molar-refractivity contribution >= 4 is 30.7 Å². The molecule has 2 saturated carbocycles. The minimum absolute atomic E-state index is 0. The van der Waals surface area contributed by atoms with Gasteiger partial charge in [-0.1, -0.05) is 32.1 Å². The second-order valence-corrected chi connectivity index (χ2v) is 7.76. The molecule has 1 amide bonds. The van der Waals surface area contributed by atoms with Crippen LogP contribution in [0.3, 0.4) is 0 Å². The number of fused-ring (bicyclic) bond motifs is 1. The predicted octanol–water partition coefficient (Wildman–Crippen LogP) is 2.99. The van der Waals surface area contributed by atoms with Crippen molar-refractivity contribution in [2.45, 2.75) is 63.8 Å². The summed E-state index contributed by atoms with van der Waals surface area (Å²) in [5.41, 5.74) is -0.0956. The zero-order chi connectivity index (χ0) is 15.4. The normalized spacial score (nSPS) is 30.2. The van der Waals surface area contributed by atoms with Crippen LogP contribution in [0.25, 0.3) is 0 Å². The first-order chi connectivity index (χ1) is 10.7. The van der Waals surface area contributed by atoms with Crippen LogP contribution >= 0.6 is 24.8 Å². The number of carbonyl (C=O) groups is 1. The van der Waals surface area contributed by atoms with Gasteiger partial charge in [-0.3, -0.25) is 4.79 Å². The van der Waals surface area contributed by atoms with Crippen LogP contribution < -0.4 is 10.6 Å².